The number of carbonyl (C=O) groups is 1. The summed E-state index contributed by atoms with van der Waals surface area (Å²) >= 11 is 0. The Hall–Kier alpha value is -2.55. The van der Waals surface area contributed by atoms with Gasteiger partial charge in [0, 0.05) is 0 Å². The molecule has 2 aromatic rings. The Balaban J connectivity index is 2.23. The molecule has 0 saturated carbocycles. The van der Waals surface area contributed by atoms with Crippen LogP contribution in [0.15, 0.2) is 53.4 Å². The maximum atomic E-state index is 12.7. The summed E-state index contributed by atoms with van der Waals surface area (Å²) in [6.07, 6.45) is -4.67. The van der Waals surface area contributed by atoms with Crippen molar-refractivity contribution in [3.63, 3.8) is 0 Å². The molecule has 0 aliphatic rings. The molecule has 0 N–H and O–H groups in total. The molecule has 0 aliphatic carbocycles. The second-order valence-corrected chi connectivity index (χ2v) is 6.35. The molecule has 25 heavy (non-hydrogen) atoms. The van der Waals surface area contributed by atoms with Crippen molar-refractivity contribution in [3.8, 4) is 5.75 Å². The zero-order chi connectivity index (χ0) is 18.7. The third-order valence-corrected chi connectivity index (χ3v) is 4.26. The van der Waals surface area contributed by atoms with Gasteiger partial charge in [-0.1, -0.05) is 6.07 Å². The topological polar surface area (TPSA) is 69.7 Å². The van der Waals surface area contributed by atoms with Gasteiger partial charge in [0.1, 0.15) is 10.6 Å². The Morgan fingerprint density at radius 1 is 1.08 bits per heavy atom. The number of alkyl halides is 3. The first kappa shape index (κ1) is 18.8. The number of hydrogen-bond donors (Lipinski definition) is 0. The fraction of sp³-hybridized carbons (Fsp3) is 0.188. The summed E-state index contributed by atoms with van der Waals surface area (Å²) in [6, 6.07) is 8.20. The second kappa shape index (κ2) is 7.14. The minimum absolute atomic E-state index is 0.148. The summed E-state index contributed by atoms with van der Waals surface area (Å²) in [7, 11) is -4.46. The third-order valence-electron chi connectivity index (χ3n) is 3.02. The highest BCUT2D eigenvalue weighted by Crippen LogP contribution is 2.31. The molecule has 0 bridgehead atoms. The van der Waals surface area contributed by atoms with E-state index < -0.39 is 32.7 Å². The van der Waals surface area contributed by atoms with Gasteiger partial charge in [0.25, 0.3) is 0 Å². The minimum atomic E-state index is -4.67. The maximum Gasteiger partial charge on any atom is 0.416 e. The molecule has 0 aromatic heterocycles. The van der Waals surface area contributed by atoms with Crippen LogP contribution in [0.5, 0.6) is 5.75 Å². The van der Waals surface area contributed by atoms with Gasteiger partial charge in [0.2, 0.25) is 0 Å². The second-order valence-electron chi connectivity index (χ2n) is 4.81. The standard InChI is InChI=1S/C16H13F3O5S/c1-2-23-15(20)11-6-8-13(9-7-11)24-25(21,22)14-5-3-4-12(10-14)16(17,18)19/h3-10H,2H2,1H3. The molecule has 0 unspecified atom stereocenters. The molecule has 0 aliphatic heterocycles. The summed E-state index contributed by atoms with van der Waals surface area (Å²) in [5, 5.41) is 0. The van der Waals surface area contributed by atoms with Gasteiger partial charge in [-0.3, -0.25) is 0 Å². The molecule has 0 amide bonds. The van der Waals surface area contributed by atoms with E-state index >= 15 is 0 Å². The molecule has 0 atom stereocenters. The molecule has 0 saturated heterocycles. The lowest BCUT2D eigenvalue weighted by Crippen LogP contribution is -2.12. The van der Waals surface area contributed by atoms with Gasteiger partial charge in [-0.05, 0) is 49.4 Å². The van der Waals surface area contributed by atoms with Crippen LogP contribution in [-0.2, 0) is 21.0 Å². The molecule has 2 aromatic carbocycles. The number of ether oxygens (including phenoxy) is 1. The third kappa shape index (κ3) is 4.72. The van der Waals surface area contributed by atoms with Gasteiger partial charge in [0.05, 0.1) is 17.7 Å². The number of carbonyl (C=O) groups excluding carboxylic acids is 1. The smallest absolute Gasteiger partial charge is 0.416 e. The number of hydrogen-bond acceptors (Lipinski definition) is 5. The van der Waals surface area contributed by atoms with E-state index in [4.69, 9.17) is 8.92 Å². The Morgan fingerprint density at radius 2 is 1.72 bits per heavy atom. The van der Waals surface area contributed by atoms with Crippen LogP contribution >= 0.6 is 0 Å². The van der Waals surface area contributed by atoms with E-state index in [1.807, 2.05) is 0 Å². The summed E-state index contributed by atoms with van der Waals surface area (Å²) in [5.74, 6) is -0.736. The molecule has 9 heteroatoms. The largest absolute Gasteiger partial charge is 0.462 e. The predicted octanol–water partition coefficient (Wildman–Crippen LogP) is 3.65. The van der Waals surface area contributed by atoms with Crippen molar-refractivity contribution in [2.75, 3.05) is 6.61 Å². The lowest BCUT2D eigenvalue weighted by atomic mass is 10.2. The van der Waals surface area contributed by atoms with E-state index in [-0.39, 0.29) is 17.9 Å². The van der Waals surface area contributed by atoms with Crippen LogP contribution in [0, 0.1) is 0 Å². The fourth-order valence-corrected chi connectivity index (χ4v) is 2.84. The molecule has 0 fully saturated rings. The molecule has 0 radical (unpaired) electrons. The van der Waals surface area contributed by atoms with Crippen LogP contribution in [0.25, 0.3) is 0 Å². The van der Waals surface area contributed by atoms with Crippen molar-refractivity contribution in [1.29, 1.82) is 0 Å². The van der Waals surface area contributed by atoms with Crippen molar-refractivity contribution in [1.82, 2.24) is 0 Å². The molecular formula is C16H13F3O5S. The van der Waals surface area contributed by atoms with E-state index in [0.29, 0.717) is 6.07 Å². The quantitative estimate of drug-likeness (QED) is 0.590. The monoisotopic (exact) mass is 374 g/mol. The lowest BCUT2D eigenvalue weighted by Gasteiger charge is -2.10. The van der Waals surface area contributed by atoms with Crippen molar-refractivity contribution in [2.24, 2.45) is 0 Å². The van der Waals surface area contributed by atoms with E-state index in [1.165, 1.54) is 24.3 Å². The van der Waals surface area contributed by atoms with E-state index in [2.05, 4.69) is 0 Å². The fourth-order valence-electron chi connectivity index (χ4n) is 1.86. The highest BCUT2D eigenvalue weighted by atomic mass is 32.2. The van der Waals surface area contributed by atoms with Crippen molar-refractivity contribution in [3.05, 3.63) is 59.7 Å². The maximum absolute atomic E-state index is 12.7. The van der Waals surface area contributed by atoms with Gasteiger partial charge in [-0.25, -0.2) is 4.79 Å². The number of benzene rings is 2. The first-order valence-electron chi connectivity index (χ1n) is 7.02. The Morgan fingerprint density at radius 3 is 2.28 bits per heavy atom. The van der Waals surface area contributed by atoms with E-state index in [9.17, 15) is 26.4 Å². The average Bonchev–Trinajstić information content (AvgIpc) is 2.55. The SMILES string of the molecule is CCOC(=O)c1ccc(OS(=O)(=O)c2cccc(C(F)(F)F)c2)cc1. The summed E-state index contributed by atoms with van der Waals surface area (Å²) < 4.78 is 71.9. The first-order chi connectivity index (χ1) is 11.6. The van der Waals surface area contributed by atoms with E-state index in [1.54, 1.807) is 6.92 Å². The van der Waals surface area contributed by atoms with Crippen molar-refractivity contribution in [2.45, 2.75) is 18.0 Å². The molecule has 2 rings (SSSR count). The number of esters is 1. The average molecular weight is 374 g/mol. The van der Waals surface area contributed by atoms with Gasteiger partial charge in [-0.2, -0.15) is 21.6 Å². The van der Waals surface area contributed by atoms with Crippen molar-refractivity contribution >= 4 is 16.1 Å². The van der Waals surface area contributed by atoms with Crippen LogP contribution in [0.2, 0.25) is 0 Å². The molecule has 0 spiro atoms. The van der Waals surface area contributed by atoms with Gasteiger partial charge >= 0.3 is 22.3 Å². The molecule has 0 heterocycles. The Bertz CT molecular complexity index is 858. The zero-order valence-corrected chi connectivity index (χ0v) is 13.7. The normalized spacial score (nSPS) is 11.8. The van der Waals surface area contributed by atoms with E-state index in [0.717, 1.165) is 18.2 Å². The number of rotatable bonds is 5. The van der Waals surface area contributed by atoms with Crippen LogP contribution in [-0.4, -0.2) is 21.0 Å². The van der Waals surface area contributed by atoms with Crippen LogP contribution in [0.4, 0.5) is 13.2 Å². The van der Waals surface area contributed by atoms with Crippen LogP contribution in [0.3, 0.4) is 0 Å². The van der Waals surface area contributed by atoms with Crippen molar-refractivity contribution < 1.29 is 35.3 Å². The summed E-state index contributed by atoms with van der Waals surface area (Å²) in [5.41, 5.74) is -0.916. The van der Waals surface area contributed by atoms with Crippen LogP contribution in [0.1, 0.15) is 22.8 Å². The zero-order valence-electron chi connectivity index (χ0n) is 12.9. The molecule has 134 valence electrons. The van der Waals surface area contributed by atoms with Crippen LogP contribution < -0.4 is 4.18 Å². The van der Waals surface area contributed by atoms with Gasteiger partial charge in [0.15, 0.2) is 0 Å². The number of halogens is 3. The Kier molecular flexibility index (Phi) is 5.36. The van der Waals surface area contributed by atoms with Gasteiger partial charge in [-0.15, -0.1) is 0 Å². The lowest BCUT2D eigenvalue weighted by molar-refractivity contribution is -0.137. The van der Waals surface area contributed by atoms with Gasteiger partial charge < -0.3 is 8.92 Å². The molecular weight excluding hydrogens is 361 g/mol. The summed E-state index contributed by atoms with van der Waals surface area (Å²) in [4.78, 5) is 10.9. The highest BCUT2D eigenvalue weighted by molar-refractivity contribution is 7.87. The predicted molar refractivity (Wildman–Crippen MR) is 81.7 cm³/mol. The summed E-state index contributed by atoms with van der Waals surface area (Å²) in [6.45, 7) is 1.82. The Labute approximate surface area is 142 Å². The minimum Gasteiger partial charge on any atom is -0.462 e. The highest BCUT2D eigenvalue weighted by Gasteiger charge is 2.32. The first-order valence-corrected chi connectivity index (χ1v) is 8.43. The molecule has 5 nitrogen and oxygen atoms in total.